The lowest BCUT2D eigenvalue weighted by molar-refractivity contribution is 0.0130. The van der Waals surface area contributed by atoms with Gasteiger partial charge in [-0.1, -0.05) is 38.1 Å². The van der Waals surface area contributed by atoms with Crippen LogP contribution in [0.5, 0.6) is 0 Å². The summed E-state index contributed by atoms with van der Waals surface area (Å²) in [5, 5.41) is 10.4. The normalized spacial score (nSPS) is 31.7. The number of benzene rings is 1. The van der Waals surface area contributed by atoms with Crippen LogP contribution in [0.25, 0.3) is 0 Å². The molecule has 17 heavy (non-hydrogen) atoms. The Morgan fingerprint density at radius 2 is 1.76 bits per heavy atom. The fourth-order valence-corrected chi connectivity index (χ4v) is 3.32. The molecule has 2 atom stereocenters. The highest BCUT2D eigenvalue weighted by Gasteiger charge is 2.44. The Morgan fingerprint density at radius 1 is 1.18 bits per heavy atom. The summed E-state index contributed by atoms with van der Waals surface area (Å²) >= 11 is 0. The average Bonchev–Trinajstić information content (AvgIpc) is 2.81. The fraction of sp³-hybridized carbons (Fsp3) is 0.600. The van der Waals surface area contributed by atoms with Gasteiger partial charge in [0.2, 0.25) is 0 Å². The Hall–Kier alpha value is -0.860. The van der Waals surface area contributed by atoms with Crippen LogP contribution in [0.3, 0.4) is 0 Å². The second-order valence-electron chi connectivity index (χ2n) is 6.21. The molecule has 1 aliphatic carbocycles. The summed E-state index contributed by atoms with van der Waals surface area (Å²) in [4.78, 5) is 2.45. The van der Waals surface area contributed by atoms with E-state index in [9.17, 15) is 5.11 Å². The van der Waals surface area contributed by atoms with E-state index >= 15 is 0 Å². The van der Waals surface area contributed by atoms with Crippen molar-refractivity contribution in [1.82, 2.24) is 4.90 Å². The van der Waals surface area contributed by atoms with Crippen LogP contribution in [0.2, 0.25) is 0 Å². The molecule has 0 bridgehead atoms. The predicted molar refractivity (Wildman–Crippen MR) is 68.5 cm³/mol. The molecule has 0 saturated heterocycles. The highest BCUT2D eigenvalue weighted by molar-refractivity contribution is 5.30. The van der Waals surface area contributed by atoms with E-state index in [4.69, 9.17) is 0 Å². The summed E-state index contributed by atoms with van der Waals surface area (Å²) in [6, 6.07) is 8.98. The Bertz CT molecular complexity index is 402. The Balaban J connectivity index is 1.78. The van der Waals surface area contributed by atoms with Gasteiger partial charge in [-0.05, 0) is 29.4 Å². The van der Waals surface area contributed by atoms with Crippen molar-refractivity contribution < 1.29 is 5.11 Å². The molecule has 2 heteroatoms. The molecular formula is C15H21NO. The molecule has 1 N–H and O–H groups in total. The summed E-state index contributed by atoms with van der Waals surface area (Å²) in [6.45, 7) is 6.38. The van der Waals surface area contributed by atoms with Crippen LogP contribution in [0.15, 0.2) is 24.3 Å². The molecule has 3 rings (SSSR count). The quantitative estimate of drug-likeness (QED) is 0.803. The Labute approximate surface area is 103 Å². The van der Waals surface area contributed by atoms with Crippen molar-refractivity contribution in [3.05, 3.63) is 35.4 Å². The second-order valence-corrected chi connectivity index (χ2v) is 6.21. The highest BCUT2D eigenvalue weighted by Crippen LogP contribution is 2.41. The van der Waals surface area contributed by atoms with Crippen LogP contribution >= 0.6 is 0 Å². The van der Waals surface area contributed by atoms with Gasteiger partial charge in [0.05, 0.1) is 6.10 Å². The molecule has 2 unspecified atom stereocenters. The maximum atomic E-state index is 10.4. The number of hydrogen-bond acceptors (Lipinski definition) is 2. The summed E-state index contributed by atoms with van der Waals surface area (Å²) in [6.07, 6.45) is 2.07. The van der Waals surface area contributed by atoms with Gasteiger partial charge in [0.1, 0.15) is 0 Å². The van der Waals surface area contributed by atoms with Crippen LogP contribution in [0, 0.1) is 5.41 Å². The molecule has 2 nitrogen and oxygen atoms in total. The molecule has 0 spiro atoms. The maximum absolute atomic E-state index is 10.4. The lowest BCUT2D eigenvalue weighted by Gasteiger charge is -2.31. The van der Waals surface area contributed by atoms with Crippen LogP contribution in [0.1, 0.15) is 37.8 Å². The van der Waals surface area contributed by atoms with E-state index in [1.54, 1.807) is 0 Å². The number of hydrogen-bond donors (Lipinski definition) is 1. The third kappa shape index (κ3) is 1.80. The van der Waals surface area contributed by atoms with Crippen LogP contribution < -0.4 is 0 Å². The van der Waals surface area contributed by atoms with E-state index in [0.717, 1.165) is 25.9 Å². The molecule has 1 aromatic rings. The van der Waals surface area contributed by atoms with E-state index in [2.05, 4.69) is 43.0 Å². The molecule has 1 saturated carbocycles. The average molecular weight is 231 g/mol. The first-order valence-corrected chi connectivity index (χ1v) is 6.57. The summed E-state index contributed by atoms with van der Waals surface area (Å²) in [7, 11) is 0. The summed E-state index contributed by atoms with van der Waals surface area (Å²) < 4.78 is 0. The molecule has 1 aliphatic heterocycles. The first-order valence-electron chi connectivity index (χ1n) is 6.57. The minimum atomic E-state index is -0.184. The molecule has 0 radical (unpaired) electrons. The minimum Gasteiger partial charge on any atom is -0.391 e. The summed E-state index contributed by atoms with van der Waals surface area (Å²) in [5.41, 5.74) is 2.95. The maximum Gasteiger partial charge on any atom is 0.0746 e. The Kier molecular flexibility index (Phi) is 2.53. The molecule has 0 amide bonds. The molecule has 1 fully saturated rings. The second kappa shape index (κ2) is 3.82. The van der Waals surface area contributed by atoms with Crippen LogP contribution in [-0.4, -0.2) is 22.2 Å². The van der Waals surface area contributed by atoms with Gasteiger partial charge in [-0.2, -0.15) is 0 Å². The number of nitrogens with zero attached hydrogens (tertiary/aromatic N) is 1. The zero-order chi connectivity index (χ0) is 12.0. The molecule has 1 heterocycles. The summed E-state index contributed by atoms with van der Waals surface area (Å²) in [5.74, 6) is 0. The lowest BCUT2D eigenvalue weighted by atomic mass is 9.88. The monoisotopic (exact) mass is 231 g/mol. The van der Waals surface area contributed by atoms with Gasteiger partial charge in [-0.15, -0.1) is 0 Å². The van der Waals surface area contributed by atoms with Crippen molar-refractivity contribution >= 4 is 0 Å². The standard InChI is InChI=1S/C15H21NO/c1-15(2)8-7-13(14(15)17)16-9-11-5-3-4-6-12(11)10-16/h3-6,13-14,17H,7-10H2,1-2H3. The number of fused-ring (bicyclic) bond motifs is 1. The molecule has 2 aliphatic rings. The van der Waals surface area contributed by atoms with Crippen molar-refractivity contribution in [2.24, 2.45) is 5.41 Å². The van der Waals surface area contributed by atoms with Gasteiger partial charge in [-0.3, -0.25) is 4.90 Å². The molecule has 0 aromatic heterocycles. The molecule has 1 aromatic carbocycles. The van der Waals surface area contributed by atoms with Gasteiger partial charge in [0.25, 0.3) is 0 Å². The topological polar surface area (TPSA) is 23.5 Å². The van der Waals surface area contributed by atoms with E-state index in [1.165, 1.54) is 11.1 Å². The smallest absolute Gasteiger partial charge is 0.0746 e. The number of aliphatic hydroxyl groups excluding tert-OH is 1. The fourth-order valence-electron chi connectivity index (χ4n) is 3.32. The van der Waals surface area contributed by atoms with Crippen molar-refractivity contribution in [2.75, 3.05) is 0 Å². The van der Waals surface area contributed by atoms with Gasteiger partial charge >= 0.3 is 0 Å². The van der Waals surface area contributed by atoms with Crippen molar-refractivity contribution in [1.29, 1.82) is 0 Å². The van der Waals surface area contributed by atoms with Gasteiger partial charge in [0, 0.05) is 19.1 Å². The number of rotatable bonds is 1. The van der Waals surface area contributed by atoms with E-state index in [-0.39, 0.29) is 11.5 Å². The van der Waals surface area contributed by atoms with Crippen molar-refractivity contribution in [2.45, 2.75) is 51.9 Å². The van der Waals surface area contributed by atoms with Gasteiger partial charge in [-0.25, -0.2) is 0 Å². The van der Waals surface area contributed by atoms with Gasteiger partial charge < -0.3 is 5.11 Å². The lowest BCUT2D eigenvalue weighted by Crippen LogP contribution is -2.41. The third-order valence-electron chi connectivity index (χ3n) is 4.58. The zero-order valence-electron chi connectivity index (χ0n) is 10.7. The van der Waals surface area contributed by atoms with Crippen LogP contribution in [-0.2, 0) is 13.1 Å². The Morgan fingerprint density at radius 3 is 2.24 bits per heavy atom. The van der Waals surface area contributed by atoms with E-state index in [1.807, 2.05) is 0 Å². The SMILES string of the molecule is CC1(C)CCC(N2Cc3ccccc3C2)C1O. The number of aliphatic hydroxyl groups is 1. The largest absolute Gasteiger partial charge is 0.391 e. The van der Waals surface area contributed by atoms with Crippen molar-refractivity contribution in [3.63, 3.8) is 0 Å². The molecular weight excluding hydrogens is 210 g/mol. The van der Waals surface area contributed by atoms with E-state index < -0.39 is 0 Å². The third-order valence-corrected chi connectivity index (χ3v) is 4.58. The highest BCUT2D eigenvalue weighted by atomic mass is 16.3. The zero-order valence-corrected chi connectivity index (χ0v) is 10.7. The first-order chi connectivity index (χ1) is 8.08. The van der Waals surface area contributed by atoms with Crippen LogP contribution in [0.4, 0.5) is 0 Å². The molecule has 92 valence electrons. The van der Waals surface area contributed by atoms with Gasteiger partial charge in [0.15, 0.2) is 0 Å². The van der Waals surface area contributed by atoms with E-state index in [0.29, 0.717) is 6.04 Å². The minimum absolute atomic E-state index is 0.0828. The van der Waals surface area contributed by atoms with Crippen molar-refractivity contribution in [3.8, 4) is 0 Å². The predicted octanol–water partition coefficient (Wildman–Crippen LogP) is 2.55. The first kappa shape index (κ1) is 11.2.